The maximum absolute atomic E-state index is 9.95. The van der Waals surface area contributed by atoms with E-state index in [1.807, 2.05) is 24.3 Å². The van der Waals surface area contributed by atoms with Crippen LogP contribution in [0.15, 0.2) is 53.0 Å². The molecule has 0 saturated heterocycles. The summed E-state index contributed by atoms with van der Waals surface area (Å²) < 4.78 is 6.33. The number of phenols is 1. The summed E-state index contributed by atoms with van der Waals surface area (Å²) >= 11 is 3.36. The first-order chi connectivity index (χ1) is 8.68. The zero-order chi connectivity index (χ0) is 13.0. The maximum Gasteiger partial charge on any atom is 0.133 e. The van der Waals surface area contributed by atoms with Crippen LogP contribution in [0.5, 0.6) is 11.5 Å². The van der Waals surface area contributed by atoms with Crippen LogP contribution >= 0.6 is 15.9 Å². The molecule has 0 saturated carbocycles. The molecule has 0 heterocycles. The molecule has 2 N–H and O–H groups in total. The van der Waals surface area contributed by atoms with Crippen LogP contribution < -0.4 is 4.74 Å². The van der Waals surface area contributed by atoms with Crippen molar-refractivity contribution in [2.45, 2.75) is 6.10 Å². The fourth-order valence-corrected chi connectivity index (χ4v) is 1.99. The summed E-state index contributed by atoms with van der Waals surface area (Å²) in [7, 11) is 0. The molecule has 0 aliphatic rings. The van der Waals surface area contributed by atoms with Crippen molar-refractivity contribution in [3.05, 3.63) is 58.6 Å². The van der Waals surface area contributed by atoms with Crippen molar-refractivity contribution in [2.24, 2.45) is 0 Å². The van der Waals surface area contributed by atoms with Gasteiger partial charge in [0.1, 0.15) is 24.2 Å². The third-order valence-electron chi connectivity index (χ3n) is 2.53. The second-order valence-electron chi connectivity index (χ2n) is 3.82. The lowest BCUT2D eigenvalue weighted by molar-refractivity contribution is 0.105. The summed E-state index contributed by atoms with van der Waals surface area (Å²) in [4.78, 5) is 0. The van der Waals surface area contributed by atoms with E-state index in [1.165, 1.54) is 6.07 Å². The van der Waals surface area contributed by atoms with Gasteiger partial charge < -0.3 is 14.9 Å². The number of aliphatic hydroxyl groups excluding tert-OH is 1. The molecule has 4 heteroatoms. The third kappa shape index (κ3) is 3.03. The SMILES string of the molecule is Oc1ccccc1C(O)COc1ccccc1Br. The quantitative estimate of drug-likeness (QED) is 0.911. The highest BCUT2D eigenvalue weighted by Crippen LogP contribution is 2.27. The molecule has 0 aliphatic heterocycles. The fourth-order valence-electron chi connectivity index (χ4n) is 1.59. The lowest BCUT2D eigenvalue weighted by atomic mass is 10.1. The van der Waals surface area contributed by atoms with Crippen LogP contribution in [-0.2, 0) is 0 Å². The first-order valence-electron chi connectivity index (χ1n) is 5.52. The second-order valence-corrected chi connectivity index (χ2v) is 4.67. The van der Waals surface area contributed by atoms with Gasteiger partial charge in [0, 0.05) is 5.56 Å². The van der Waals surface area contributed by atoms with E-state index in [2.05, 4.69) is 15.9 Å². The highest BCUT2D eigenvalue weighted by Gasteiger charge is 2.12. The molecule has 0 spiro atoms. The van der Waals surface area contributed by atoms with Crippen molar-refractivity contribution in [1.29, 1.82) is 0 Å². The highest BCUT2D eigenvalue weighted by molar-refractivity contribution is 9.10. The van der Waals surface area contributed by atoms with Crippen LogP contribution in [0.2, 0.25) is 0 Å². The monoisotopic (exact) mass is 308 g/mol. The Morgan fingerprint density at radius 2 is 1.72 bits per heavy atom. The number of halogens is 1. The standard InChI is InChI=1S/C14H13BrO3/c15-11-6-2-4-8-14(11)18-9-13(17)10-5-1-3-7-12(10)16/h1-8,13,16-17H,9H2. The summed E-state index contributed by atoms with van der Waals surface area (Å²) in [5, 5.41) is 19.6. The maximum atomic E-state index is 9.95. The lowest BCUT2D eigenvalue weighted by Gasteiger charge is -2.14. The Hall–Kier alpha value is -1.52. The van der Waals surface area contributed by atoms with Crippen LogP contribution in [0.4, 0.5) is 0 Å². The van der Waals surface area contributed by atoms with Crippen LogP contribution in [0, 0.1) is 0 Å². The Balaban J connectivity index is 2.03. The molecule has 0 aliphatic carbocycles. The zero-order valence-corrected chi connectivity index (χ0v) is 11.2. The van der Waals surface area contributed by atoms with Gasteiger partial charge in [-0.3, -0.25) is 0 Å². The summed E-state index contributed by atoms with van der Waals surface area (Å²) in [5.74, 6) is 0.729. The molecule has 94 valence electrons. The van der Waals surface area contributed by atoms with Crippen molar-refractivity contribution < 1.29 is 14.9 Å². The first kappa shape index (κ1) is 12.9. The Morgan fingerprint density at radius 1 is 1.06 bits per heavy atom. The van der Waals surface area contributed by atoms with E-state index in [4.69, 9.17) is 4.74 Å². The van der Waals surface area contributed by atoms with Crippen LogP contribution in [-0.4, -0.2) is 16.8 Å². The van der Waals surface area contributed by atoms with E-state index in [9.17, 15) is 10.2 Å². The second kappa shape index (κ2) is 5.89. The molecular weight excluding hydrogens is 296 g/mol. The average molecular weight is 309 g/mol. The van der Waals surface area contributed by atoms with Crippen molar-refractivity contribution in [2.75, 3.05) is 6.61 Å². The number of para-hydroxylation sites is 2. The van der Waals surface area contributed by atoms with Crippen LogP contribution in [0.3, 0.4) is 0 Å². The van der Waals surface area contributed by atoms with Gasteiger partial charge >= 0.3 is 0 Å². The predicted molar refractivity (Wildman–Crippen MR) is 72.7 cm³/mol. The van der Waals surface area contributed by atoms with E-state index in [-0.39, 0.29) is 12.4 Å². The van der Waals surface area contributed by atoms with E-state index >= 15 is 0 Å². The third-order valence-corrected chi connectivity index (χ3v) is 3.18. The smallest absolute Gasteiger partial charge is 0.133 e. The molecule has 1 unspecified atom stereocenters. The summed E-state index contributed by atoms with van der Waals surface area (Å²) in [6.45, 7) is 0.0835. The van der Waals surface area contributed by atoms with Gasteiger partial charge in [-0.05, 0) is 34.1 Å². The molecule has 2 aromatic rings. The van der Waals surface area contributed by atoms with Crippen LogP contribution in [0.25, 0.3) is 0 Å². The number of hydrogen-bond acceptors (Lipinski definition) is 3. The van der Waals surface area contributed by atoms with E-state index in [1.54, 1.807) is 18.2 Å². The summed E-state index contributed by atoms with van der Waals surface area (Å²) in [5.41, 5.74) is 0.463. The average Bonchev–Trinajstić information content (AvgIpc) is 2.38. The molecule has 2 rings (SSSR count). The Labute approximate surface area is 114 Å². The predicted octanol–water partition coefficient (Wildman–Crippen LogP) is 3.27. The van der Waals surface area contributed by atoms with Gasteiger partial charge in [-0.2, -0.15) is 0 Å². The largest absolute Gasteiger partial charge is 0.508 e. The number of aromatic hydroxyl groups is 1. The van der Waals surface area contributed by atoms with Gasteiger partial charge in [-0.25, -0.2) is 0 Å². The number of aliphatic hydroxyl groups is 1. The van der Waals surface area contributed by atoms with Crippen molar-refractivity contribution in [3.63, 3.8) is 0 Å². The van der Waals surface area contributed by atoms with Gasteiger partial charge in [-0.15, -0.1) is 0 Å². The van der Waals surface area contributed by atoms with E-state index in [0.717, 1.165) is 4.47 Å². The molecule has 0 radical (unpaired) electrons. The minimum Gasteiger partial charge on any atom is -0.508 e. The Kier molecular flexibility index (Phi) is 4.23. The molecule has 0 amide bonds. The van der Waals surface area contributed by atoms with Gasteiger partial charge in [0.25, 0.3) is 0 Å². The first-order valence-corrected chi connectivity index (χ1v) is 6.31. The van der Waals surface area contributed by atoms with Gasteiger partial charge in [-0.1, -0.05) is 30.3 Å². The molecule has 3 nitrogen and oxygen atoms in total. The number of benzene rings is 2. The van der Waals surface area contributed by atoms with Crippen molar-refractivity contribution in [1.82, 2.24) is 0 Å². The minimum atomic E-state index is -0.863. The van der Waals surface area contributed by atoms with E-state index < -0.39 is 6.10 Å². The molecule has 18 heavy (non-hydrogen) atoms. The Bertz CT molecular complexity index is 528. The lowest BCUT2D eigenvalue weighted by Crippen LogP contribution is -2.10. The summed E-state index contributed by atoms with van der Waals surface area (Å²) in [6, 6.07) is 14.1. The molecule has 1 atom stereocenters. The minimum absolute atomic E-state index is 0.0701. The topological polar surface area (TPSA) is 49.7 Å². The molecule has 0 aromatic heterocycles. The van der Waals surface area contributed by atoms with Crippen LogP contribution in [0.1, 0.15) is 11.7 Å². The highest BCUT2D eigenvalue weighted by atomic mass is 79.9. The molecular formula is C14H13BrO3. The normalized spacial score (nSPS) is 12.1. The Morgan fingerprint density at radius 3 is 2.44 bits per heavy atom. The van der Waals surface area contributed by atoms with Gasteiger partial charge in [0.05, 0.1) is 4.47 Å². The van der Waals surface area contributed by atoms with E-state index in [0.29, 0.717) is 11.3 Å². The fraction of sp³-hybridized carbons (Fsp3) is 0.143. The molecule has 2 aromatic carbocycles. The number of phenolic OH excluding ortho intramolecular Hbond substituents is 1. The number of hydrogen-bond donors (Lipinski definition) is 2. The van der Waals surface area contributed by atoms with Crippen molar-refractivity contribution >= 4 is 15.9 Å². The zero-order valence-electron chi connectivity index (χ0n) is 9.58. The molecule has 0 bridgehead atoms. The van der Waals surface area contributed by atoms with Gasteiger partial charge in [0.15, 0.2) is 0 Å². The number of rotatable bonds is 4. The summed E-state index contributed by atoms with van der Waals surface area (Å²) in [6.07, 6.45) is -0.863. The molecule has 0 fully saturated rings. The van der Waals surface area contributed by atoms with Gasteiger partial charge in [0.2, 0.25) is 0 Å². The number of ether oxygens (including phenoxy) is 1. The van der Waals surface area contributed by atoms with Crippen molar-refractivity contribution in [3.8, 4) is 11.5 Å².